The smallest absolute Gasteiger partial charge is 0.0590 e. The molecule has 36 heavy (non-hydrogen) atoms. The Hall–Kier alpha value is -4.40. The molecule has 0 bridgehead atoms. The molecule has 7 aromatic rings. The van der Waals surface area contributed by atoms with Crippen LogP contribution in [0.2, 0.25) is 0 Å². The maximum absolute atomic E-state index is 3.70. The van der Waals surface area contributed by atoms with Gasteiger partial charge in [0.2, 0.25) is 0 Å². The Morgan fingerprint density at radius 3 is 1.89 bits per heavy atom. The van der Waals surface area contributed by atoms with Gasteiger partial charge >= 0.3 is 0 Å². The first kappa shape index (κ1) is 20.9. The van der Waals surface area contributed by atoms with Crippen LogP contribution in [0.5, 0.6) is 0 Å². The van der Waals surface area contributed by atoms with E-state index in [1.54, 1.807) is 0 Å². The van der Waals surface area contributed by atoms with Crippen LogP contribution < -0.4 is 5.32 Å². The van der Waals surface area contributed by atoms with E-state index in [2.05, 4.69) is 139 Å². The monoisotopic (exact) mass is 477 g/mol. The molecule has 2 heteroatoms. The molecule has 0 spiro atoms. The van der Waals surface area contributed by atoms with E-state index in [0.29, 0.717) is 0 Å². The Morgan fingerprint density at radius 2 is 1.11 bits per heavy atom. The van der Waals surface area contributed by atoms with Crippen molar-refractivity contribution in [3.05, 3.63) is 133 Å². The van der Waals surface area contributed by atoms with Crippen molar-refractivity contribution in [2.75, 3.05) is 5.32 Å². The lowest BCUT2D eigenvalue weighted by molar-refractivity contribution is 1.57. The van der Waals surface area contributed by atoms with E-state index >= 15 is 0 Å². The number of anilines is 2. The normalized spacial score (nSPS) is 11.3. The van der Waals surface area contributed by atoms with Crippen molar-refractivity contribution in [1.82, 2.24) is 0 Å². The predicted molar refractivity (Wildman–Crippen MR) is 157 cm³/mol. The van der Waals surface area contributed by atoms with Crippen molar-refractivity contribution in [3.63, 3.8) is 0 Å². The zero-order valence-corrected chi connectivity index (χ0v) is 20.4. The zero-order valence-electron chi connectivity index (χ0n) is 19.6. The van der Waals surface area contributed by atoms with E-state index < -0.39 is 0 Å². The summed E-state index contributed by atoms with van der Waals surface area (Å²) in [4.78, 5) is 0. The number of nitrogens with one attached hydrogen (secondary N) is 1. The molecule has 0 saturated heterocycles. The van der Waals surface area contributed by atoms with Gasteiger partial charge in [0.25, 0.3) is 0 Å². The van der Waals surface area contributed by atoms with Crippen LogP contribution in [0.1, 0.15) is 0 Å². The molecule has 1 N–H and O–H groups in total. The van der Waals surface area contributed by atoms with Crippen LogP contribution in [0, 0.1) is 0 Å². The predicted octanol–water partition coefficient (Wildman–Crippen LogP) is 10.3. The SMILES string of the molecule is c1ccc(-c2ccc(Nc3cccc4c3sc3c(-c5ccccc5)cc5ccccc5c34)cc2)cc1. The van der Waals surface area contributed by atoms with Crippen molar-refractivity contribution >= 4 is 53.7 Å². The van der Waals surface area contributed by atoms with Gasteiger partial charge in [-0.25, -0.2) is 0 Å². The van der Waals surface area contributed by atoms with Crippen molar-refractivity contribution in [2.24, 2.45) is 0 Å². The molecule has 0 amide bonds. The summed E-state index contributed by atoms with van der Waals surface area (Å²) >= 11 is 1.88. The lowest BCUT2D eigenvalue weighted by Crippen LogP contribution is -1.90. The van der Waals surface area contributed by atoms with E-state index in [0.717, 1.165) is 11.4 Å². The lowest BCUT2D eigenvalue weighted by Gasteiger charge is -2.09. The molecule has 6 aromatic carbocycles. The lowest BCUT2D eigenvalue weighted by atomic mass is 9.96. The molecule has 0 saturated carbocycles. The molecule has 1 aromatic heterocycles. The summed E-state index contributed by atoms with van der Waals surface area (Å²) in [5.74, 6) is 0. The maximum atomic E-state index is 3.70. The van der Waals surface area contributed by atoms with Gasteiger partial charge in [0, 0.05) is 26.7 Å². The number of rotatable bonds is 4. The standard InChI is InChI=1S/C34H23NS/c1-3-10-23(11-4-1)24-18-20-27(21-19-24)35-31-17-9-16-29-32-28-15-8-7-14-26(28)22-30(34(32)36-33(29)31)25-12-5-2-6-13-25/h1-22,35H. The molecule has 0 radical (unpaired) electrons. The molecule has 7 rings (SSSR count). The van der Waals surface area contributed by atoms with Crippen LogP contribution >= 0.6 is 11.3 Å². The van der Waals surface area contributed by atoms with Crippen LogP contribution in [-0.2, 0) is 0 Å². The maximum Gasteiger partial charge on any atom is 0.0590 e. The van der Waals surface area contributed by atoms with E-state index in [1.165, 1.54) is 53.2 Å². The number of fused-ring (bicyclic) bond motifs is 5. The second-order valence-corrected chi connectivity index (χ2v) is 10.1. The summed E-state index contributed by atoms with van der Waals surface area (Å²) in [6.07, 6.45) is 0. The molecular formula is C34H23NS. The van der Waals surface area contributed by atoms with Gasteiger partial charge in [-0.15, -0.1) is 11.3 Å². The second-order valence-electron chi connectivity index (χ2n) is 9.07. The minimum absolute atomic E-state index is 1.09. The van der Waals surface area contributed by atoms with Gasteiger partial charge < -0.3 is 5.32 Å². The number of hydrogen-bond acceptors (Lipinski definition) is 2. The van der Waals surface area contributed by atoms with Crippen LogP contribution in [0.3, 0.4) is 0 Å². The Bertz CT molecular complexity index is 1830. The van der Waals surface area contributed by atoms with Crippen LogP contribution in [0.15, 0.2) is 133 Å². The fourth-order valence-corrected chi connectivity index (χ4v) is 6.43. The van der Waals surface area contributed by atoms with Crippen molar-refractivity contribution in [2.45, 2.75) is 0 Å². The van der Waals surface area contributed by atoms with Gasteiger partial charge in [-0.3, -0.25) is 0 Å². The Morgan fingerprint density at radius 1 is 0.472 bits per heavy atom. The first-order valence-electron chi connectivity index (χ1n) is 12.2. The molecule has 0 aliphatic heterocycles. The molecule has 0 unspecified atom stereocenters. The van der Waals surface area contributed by atoms with E-state index in [1.807, 2.05) is 11.3 Å². The topological polar surface area (TPSA) is 12.0 Å². The highest BCUT2D eigenvalue weighted by molar-refractivity contribution is 7.27. The largest absolute Gasteiger partial charge is 0.354 e. The molecule has 0 aliphatic rings. The summed E-state index contributed by atoms with van der Waals surface area (Å²) in [7, 11) is 0. The fourth-order valence-electron chi connectivity index (χ4n) is 5.11. The zero-order chi connectivity index (χ0) is 23.9. The number of benzene rings is 6. The Labute approximate surface area is 214 Å². The van der Waals surface area contributed by atoms with Crippen LogP contribution in [-0.4, -0.2) is 0 Å². The molecule has 0 atom stereocenters. The third-order valence-corrected chi connectivity index (χ3v) is 8.12. The van der Waals surface area contributed by atoms with Gasteiger partial charge in [0.05, 0.1) is 10.4 Å². The fraction of sp³-hybridized carbons (Fsp3) is 0. The highest BCUT2D eigenvalue weighted by Crippen LogP contribution is 2.46. The highest BCUT2D eigenvalue weighted by atomic mass is 32.1. The Balaban J connectivity index is 1.39. The second kappa shape index (κ2) is 8.67. The van der Waals surface area contributed by atoms with Gasteiger partial charge in [-0.2, -0.15) is 0 Å². The Kier molecular flexibility index (Phi) is 5.04. The molecule has 1 heterocycles. The molecule has 1 nitrogen and oxygen atoms in total. The number of thiophene rings is 1. The van der Waals surface area contributed by atoms with E-state index in [4.69, 9.17) is 0 Å². The summed E-state index contributed by atoms with van der Waals surface area (Å²) in [5, 5.41) is 8.93. The summed E-state index contributed by atoms with van der Waals surface area (Å²) in [6.45, 7) is 0. The van der Waals surface area contributed by atoms with Crippen molar-refractivity contribution in [1.29, 1.82) is 0 Å². The quantitative estimate of drug-likeness (QED) is 0.266. The van der Waals surface area contributed by atoms with E-state index in [9.17, 15) is 0 Å². The summed E-state index contributed by atoms with van der Waals surface area (Å²) in [6, 6.07) is 47.7. The van der Waals surface area contributed by atoms with Gasteiger partial charge in [0.1, 0.15) is 0 Å². The third kappa shape index (κ3) is 3.55. The molecule has 170 valence electrons. The highest BCUT2D eigenvalue weighted by Gasteiger charge is 2.16. The average Bonchev–Trinajstić information content (AvgIpc) is 3.35. The number of hydrogen-bond donors (Lipinski definition) is 1. The molecule has 0 aliphatic carbocycles. The summed E-state index contributed by atoms with van der Waals surface area (Å²) < 4.78 is 2.62. The molecular weight excluding hydrogens is 454 g/mol. The van der Waals surface area contributed by atoms with Gasteiger partial charge in [-0.05, 0) is 51.7 Å². The minimum Gasteiger partial charge on any atom is -0.354 e. The summed E-state index contributed by atoms with van der Waals surface area (Å²) in [5.41, 5.74) is 7.24. The molecule has 0 fully saturated rings. The van der Waals surface area contributed by atoms with Crippen LogP contribution in [0.25, 0.3) is 53.2 Å². The average molecular weight is 478 g/mol. The first-order chi connectivity index (χ1) is 17.8. The van der Waals surface area contributed by atoms with Crippen LogP contribution in [0.4, 0.5) is 11.4 Å². The first-order valence-corrected chi connectivity index (χ1v) is 13.0. The van der Waals surface area contributed by atoms with Gasteiger partial charge in [0.15, 0.2) is 0 Å². The minimum atomic E-state index is 1.09. The van der Waals surface area contributed by atoms with Gasteiger partial charge in [-0.1, -0.05) is 109 Å². The van der Waals surface area contributed by atoms with Crippen molar-refractivity contribution < 1.29 is 0 Å². The van der Waals surface area contributed by atoms with Crippen molar-refractivity contribution in [3.8, 4) is 22.3 Å². The van der Waals surface area contributed by atoms with E-state index in [-0.39, 0.29) is 0 Å². The third-order valence-electron chi connectivity index (χ3n) is 6.85.